The third-order valence-electron chi connectivity index (χ3n) is 0.946. The van der Waals surface area contributed by atoms with Gasteiger partial charge in [-0.05, 0) is 0 Å². The van der Waals surface area contributed by atoms with Crippen LogP contribution in [0.4, 0.5) is 0 Å². The number of hydrogen-bond acceptors (Lipinski definition) is 2. The Labute approximate surface area is 69.8 Å². The third-order valence-corrected chi connectivity index (χ3v) is 1.96. The van der Waals surface area contributed by atoms with Crippen molar-refractivity contribution < 1.29 is 43.0 Å². The minimum atomic E-state index is 0.920. The van der Waals surface area contributed by atoms with Gasteiger partial charge in [0.15, 0.2) is 0 Å². The summed E-state index contributed by atoms with van der Waals surface area (Å²) in [6, 6.07) is 0. The van der Waals surface area contributed by atoms with Crippen LogP contribution in [0.3, 0.4) is 0 Å². The van der Waals surface area contributed by atoms with Crippen LogP contribution in [0.1, 0.15) is 0 Å². The van der Waals surface area contributed by atoms with Gasteiger partial charge in [0, 0.05) is 0 Å². The van der Waals surface area contributed by atoms with Crippen molar-refractivity contribution in [3.8, 4) is 0 Å². The zero-order chi connectivity index (χ0) is 5.11. The Morgan fingerprint density at radius 3 is 2.14 bits per heavy atom. The molecule has 0 bridgehead atoms. The maximum absolute atomic E-state index is 5.10. The first-order chi connectivity index (χ1) is 3.39. The molecule has 43 valence electrons. The van der Waals surface area contributed by atoms with Gasteiger partial charge in [-0.25, -0.2) is 0 Å². The Morgan fingerprint density at radius 1 is 1.29 bits per heavy atom. The van der Waals surface area contributed by atoms with Crippen LogP contribution in [0.25, 0.3) is 0 Å². The molecule has 0 saturated carbocycles. The van der Waals surface area contributed by atoms with E-state index in [1.54, 1.807) is 0 Å². The van der Waals surface area contributed by atoms with E-state index >= 15 is 0 Å². The first-order valence-corrected chi connectivity index (χ1v) is 3.38. The zero-order valence-corrected chi connectivity index (χ0v) is 6.31. The average Bonchev–Trinajstić information content (AvgIpc) is 1.69. The van der Waals surface area contributed by atoms with E-state index in [9.17, 15) is 0 Å². The summed E-state index contributed by atoms with van der Waals surface area (Å²) in [5.74, 6) is 0. The summed E-state index contributed by atoms with van der Waals surface area (Å²) >= 11 is 1.93. The van der Waals surface area contributed by atoms with Gasteiger partial charge in [-0.2, -0.15) is 0 Å². The van der Waals surface area contributed by atoms with E-state index < -0.39 is 0 Å². The molecule has 0 atom stereocenters. The number of morpholine rings is 1. The molecule has 0 radical (unpaired) electrons. The van der Waals surface area contributed by atoms with Gasteiger partial charge in [0.05, 0.1) is 0 Å². The van der Waals surface area contributed by atoms with Crippen molar-refractivity contribution in [2.24, 2.45) is 0 Å². The summed E-state index contributed by atoms with van der Waals surface area (Å²) in [6.45, 7) is 4.06. The summed E-state index contributed by atoms with van der Waals surface area (Å²) in [4.78, 5) is 0. The van der Waals surface area contributed by atoms with Gasteiger partial charge in [-0.3, -0.25) is 0 Å². The van der Waals surface area contributed by atoms with E-state index in [-0.39, 0.29) is 0 Å². The van der Waals surface area contributed by atoms with Crippen molar-refractivity contribution >= 4 is 0 Å². The molecule has 0 spiro atoms. The number of rotatable bonds is 0. The topological polar surface area (TPSA) is 12.5 Å². The Kier molecular flexibility index (Phi) is 3.01. The third kappa shape index (κ3) is 2.33. The van der Waals surface area contributed by atoms with Crippen molar-refractivity contribution in [2.45, 2.75) is 0 Å². The van der Waals surface area contributed by atoms with E-state index in [1.165, 1.54) is 0 Å². The van der Waals surface area contributed by atoms with Gasteiger partial charge in [0.2, 0.25) is 0 Å². The van der Waals surface area contributed by atoms with Crippen LogP contribution in [0.5, 0.6) is 0 Å². The predicted molar refractivity (Wildman–Crippen MR) is 22.4 cm³/mol. The molecule has 0 aliphatic carbocycles. The maximum atomic E-state index is 5.10. The molecular weight excluding hydrogens is 235 g/mol. The quantitative estimate of drug-likeness (QED) is 0.583. The van der Waals surface area contributed by atoms with E-state index in [0.717, 1.165) is 26.3 Å². The van der Waals surface area contributed by atoms with E-state index in [2.05, 4.69) is 1.10 Å². The molecular formula is C4H8GdNO. The van der Waals surface area contributed by atoms with Crippen LogP contribution >= 0.6 is 0 Å². The van der Waals surface area contributed by atoms with Gasteiger partial charge < -0.3 is 0 Å². The molecule has 1 heterocycles. The molecule has 1 fully saturated rings. The minimum absolute atomic E-state index is 0.920. The molecule has 0 amide bonds. The number of nitrogens with zero attached hydrogens (tertiary/aromatic N) is 1. The van der Waals surface area contributed by atoms with Gasteiger partial charge in [-0.15, -0.1) is 0 Å². The van der Waals surface area contributed by atoms with Crippen LogP contribution in [-0.4, -0.2) is 27.4 Å². The molecule has 0 aromatic carbocycles. The van der Waals surface area contributed by atoms with Crippen molar-refractivity contribution in [1.29, 1.82) is 0 Å². The van der Waals surface area contributed by atoms with Gasteiger partial charge in [0.1, 0.15) is 0 Å². The summed E-state index contributed by atoms with van der Waals surface area (Å²) < 4.78 is 7.40. The second kappa shape index (κ2) is 3.31. The van der Waals surface area contributed by atoms with Gasteiger partial charge in [0.25, 0.3) is 0 Å². The van der Waals surface area contributed by atoms with Gasteiger partial charge in [-0.1, -0.05) is 0 Å². The fraction of sp³-hybridized carbons (Fsp3) is 1.00. The molecule has 1 saturated heterocycles. The fourth-order valence-corrected chi connectivity index (χ4v) is 0.951. The number of hydrogen-bond donors (Lipinski definition) is 0. The standard InChI is InChI=1S/C4H8NO.Gd/c1-3-6-4-2-5-1;/h1-4H2;/q-1;+1. The van der Waals surface area contributed by atoms with E-state index in [0.29, 0.717) is 0 Å². The summed E-state index contributed by atoms with van der Waals surface area (Å²) in [5.41, 5.74) is 0. The molecule has 3 heteroatoms. The molecule has 1 aliphatic rings. The Balaban J connectivity index is 2.12. The Hall–Kier alpha value is 1.24. The van der Waals surface area contributed by atoms with Crippen LogP contribution in [0.15, 0.2) is 0 Å². The SMILES string of the molecule is [Gd][N]1CCOCC1. The Bertz CT molecular complexity index is 53.7. The van der Waals surface area contributed by atoms with Crippen LogP contribution in [0, 0.1) is 38.3 Å². The molecule has 0 aromatic rings. The van der Waals surface area contributed by atoms with Crippen LogP contribution in [0.2, 0.25) is 0 Å². The van der Waals surface area contributed by atoms with E-state index in [4.69, 9.17) is 4.74 Å². The molecule has 0 N–H and O–H groups in total. The molecule has 0 unspecified atom stereocenters. The summed E-state index contributed by atoms with van der Waals surface area (Å²) in [5, 5.41) is 0. The normalized spacial score (nSPS) is 25.3. The average molecular weight is 243 g/mol. The van der Waals surface area contributed by atoms with Crippen molar-refractivity contribution in [3.63, 3.8) is 0 Å². The first-order valence-electron chi connectivity index (χ1n) is 2.37. The van der Waals surface area contributed by atoms with Crippen molar-refractivity contribution in [1.82, 2.24) is 1.10 Å². The van der Waals surface area contributed by atoms with Crippen molar-refractivity contribution in [2.75, 3.05) is 26.3 Å². The Morgan fingerprint density at radius 2 is 1.86 bits per heavy atom. The van der Waals surface area contributed by atoms with Crippen LogP contribution in [-0.2, 0) is 4.74 Å². The molecule has 0 aromatic heterocycles. The van der Waals surface area contributed by atoms with Gasteiger partial charge >= 0.3 is 70.4 Å². The fourth-order valence-electron chi connectivity index (χ4n) is 0.537. The monoisotopic (exact) mass is 244 g/mol. The second-order valence-electron chi connectivity index (χ2n) is 1.51. The molecule has 2 nitrogen and oxygen atoms in total. The molecule has 1 aliphatic heterocycles. The molecule has 1 rings (SSSR count). The second-order valence-corrected chi connectivity index (χ2v) is 2.94. The van der Waals surface area contributed by atoms with Crippen molar-refractivity contribution in [3.05, 3.63) is 0 Å². The van der Waals surface area contributed by atoms with E-state index in [1.807, 2.05) is 38.3 Å². The first kappa shape index (κ1) is 6.37. The van der Waals surface area contributed by atoms with Crippen LogP contribution < -0.4 is 0 Å². The molecule has 7 heavy (non-hydrogen) atoms. The predicted octanol–water partition coefficient (Wildman–Crippen LogP) is -0.217. The zero-order valence-electron chi connectivity index (χ0n) is 4.04. The number of ether oxygens (including phenoxy) is 1. The summed E-state index contributed by atoms with van der Waals surface area (Å²) in [6.07, 6.45) is 0. The summed E-state index contributed by atoms with van der Waals surface area (Å²) in [7, 11) is 0.